The van der Waals surface area contributed by atoms with Crippen molar-refractivity contribution in [3.63, 3.8) is 0 Å². The largest absolute Gasteiger partial charge is 0.494 e. The topological polar surface area (TPSA) is 69.7 Å². The minimum absolute atomic E-state index is 0.0437. The van der Waals surface area contributed by atoms with Crippen LogP contribution in [0, 0.1) is 11.7 Å². The molecule has 0 bridgehead atoms. The van der Waals surface area contributed by atoms with Gasteiger partial charge in [0.05, 0.1) is 25.0 Å². The molecule has 1 atom stereocenters. The molecule has 1 unspecified atom stereocenters. The lowest BCUT2D eigenvalue weighted by Crippen LogP contribution is -2.20. The highest BCUT2D eigenvalue weighted by Gasteiger charge is 2.17. The van der Waals surface area contributed by atoms with Crippen molar-refractivity contribution in [1.82, 2.24) is 4.98 Å². The van der Waals surface area contributed by atoms with E-state index in [4.69, 9.17) is 14.2 Å². The normalized spacial score (nSPS) is 17.6. The van der Waals surface area contributed by atoms with E-state index < -0.39 is 5.82 Å². The number of aromatic nitrogens is 1. The third-order valence-corrected chi connectivity index (χ3v) is 4.42. The Balaban J connectivity index is 1.58. The summed E-state index contributed by atoms with van der Waals surface area (Å²) in [7, 11) is 1.45. The van der Waals surface area contributed by atoms with Crippen LogP contribution in [0.1, 0.15) is 6.42 Å². The fourth-order valence-electron chi connectivity index (χ4n) is 2.36. The summed E-state index contributed by atoms with van der Waals surface area (Å²) in [6.07, 6.45) is 0.963. The number of nitrogens with zero attached hydrogens (tertiary/aromatic N) is 1. The van der Waals surface area contributed by atoms with Gasteiger partial charge in [-0.3, -0.25) is 10.1 Å². The molecule has 1 amide bonds. The monoisotopic (exact) mass is 340 g/mol. The van der Waals surface area contributed by atoms with E-state index in [0.717, 1.165) is 13.0 Å². The predicted octanol–water partition coefficient (Wildman–Crippen LogP) is 2.44. The maximum atomic E-state index is 13.5. The number of ether oxygens (including phenoxy) is 3. The molecule has 1 aliphatic rings. The number of hydrogen-bond acceptors (Lipinski definition) is 6. The van der Waals surface area contributed by atoms with Gasteiger partial charge in [0.1, 0.15) is 23.7 Å². The van der Waals surface area contributed by atoms with E-state index in [1.54, 1.807) is 0 Å². The summed E-state index contributed by atoms with van der Waals surface area (Å²) in [5, 5.41) is 3.05. The molecule has 1 fully saturated rings. The van der Waals surface area contributed by atoms with Gasteiger partial charge in [-0.05, 0) is 12.5 Å². The number of fused-ring (bicyclic) bond motifs is 1. The smallest absolute Gasteiger partial charge is 0.252 e. The molecule has 1 aliphatic heterocycles. The van der Waals surface area contributed by atoms with Crippen molar-refractivity contribution in [3.8, 4) is 5.75 Å². The van der Waals surface area contributed by atoms with Crippen molar-refractivity contribution in [3.05, 3.63) is 17.9 Å². The zero-order chi connectivity index (χ0) is 16.2. The first kappa shape index (κ1) is 16.1. The molecule has 1 aromatic carbocycles. The lowest BCUT2D eigenvalue weighted by atomic mass is 10.1. The fraction of sp³-hybridized carbons (Fsp3) is 0.467. The van der Waals surface area contributed by atoms with Crippen molar-refractivity contribution < 1.29 is 23.4 Å². The molecule has 2 aromatic rings. The first-order valence-electron chi connectivity index (χ1n) is 7.25. The molecular formula is C15H17FN2O4S. The Kier molecular flexibility index (Phi) is 5.04. The van der Waals surface area contributed by atoms with Crippen LogP contribution in [0.15, 0.2) is 12.1 Å². The van der Waals surface area contributed by atoms with Gasteiger partial charge < -0.3 is 14.2 Å². The van der Waals surface area contributed by atoms with E-state index >= 15 is 0 Å². The van der Waals surface area contributed by atoms with Crippen LogP contribution in [-0.2, 0) is 14.3 Å². The van der Waals surface area contributed by atoms with Crippen LogP contribution in [0.4, 0.5) is 9.52 Å². The lowest BCUT2D eigenvalue weighted by Gasteiger charge is -2.07. The van der Waals surface area contributed by atoms with Gasteiger partial charge in [0.25, 0.3) is 5.91 Å². The molecule has 0 spiro atoms. The number of carbonyl (C=O) groups is 1. The highest BCUT2D eigenvalue weighted by atomic mass is 32.1. The van der Waals surface area contributed by atoms with Crippen molar-refractivity contribution in [1.29, 1.82) is 0 Å². The van der Waals surface area contributed by atoms with Crippen molar-refractivity contribution >= 4 is 32.6 Å². The lowest BCUT2D eigenvalue weighted by molar-refractivity contribution is -0.121. The van der Waals surface area contributed by atoms with Crippen LogP contribution in [0.3, 0.4) is 0 Å². The van der Waals surface area contributed by atoms with Crippen LogP contribution in [0.5, 0.6) is 5.75 Å². The summed E-state index contributed by atoms with van der Waals surface area (Å²) in [6.45, 7) is 1.90. The zero-order valence-electron chi connectivity index (χ0n) is 12.6. The summed E-state index contributed by atoms with van der Waals surface area (Å²) in [4.78, 5) is 16.1. The number of hydrogen-bond donors (Lipinski definition) is 1. The zero-order valence-corrected chi connectivity index (χ0v) is 13.5. The number of nitrogens with one attached hydrogen (secondary N) is 1. The maximum absolute atomic E-state index is 13.5. The Morgan fingerprint density at radius 1 is 1.57 bits per heavy atom. The Bertz CT molecular complexity index is 700. The quantitative estimate of drug-likeness (QED) is 0.875. The molecule has 1 saturated heterocycles. The summed E-state index contributed by atoms with van der Waals surface area (Å²) in [5.41, 5.74) is 0.526. The van der Waals surface area contributed by atoms with E-state index in [2.05, 4.69) is 10.3 Å². The highest BCUT2D eigenvalue weighted by molar-refractivity contribution is 7.22. The van der Waals surface area contributed by atoms with Crippen molar-refractivity contribution in [2.45, 2.75) is 6.42 Å². The molecule has 6 nitrogen and oxygen atoms in total. The van der Waals surface area contributed by atoms with Gasteiger partial charge in [0.2, 0.25) is 0 Å². The number of carbonyl (C=O) groups excluding carboxylic acids is 1. The third kappa shape index (κ3) is 3.95. The van der Waals surface area contributed by atoms with Gasteiger partial charge >= 0.3 is 0 Å². The van der Waals surface area contributed by atoms with Crippen LogP contribution >= 0.6 is 11.3 Å². The molecule has 2 heterocycles. The number of amides is 1. The van der Waals surface area contributed by atoms with E-state index in [1.807, 2.05) is 0 Å². The van der Waals surface area contributed by atoms with Crippen molar-refractivity contribution in [2.75, 3.05) is 38.9 Å². The number of halogens is 1. The second-order valence-corrected chi connectivity index (χ2v) is 6.30. The molecule has 0 radical (unpaired) electrons. The fourth-order valence-corrected chi connectivity index (χ4v) is 3.29. The highest BCUT2D eigenvalue weighted by Crippen LogP contribution is 2.33. The molecular weight excluding hydrogens is 323 g/mol. The number of rotatable bonds is 6. The molecule has 3 rings (SSSR count). The average molecular weight is 340 g/mol. The summed E-state index contributed by atoms with van der Waals surface area (Å²) >= 11 is 1.19. The average Bonchev–Trinajstić information content (AvgIpc) is 3.15. The van der Waals surface area contributed by atoms with Gasteiger partial charge in [-0.2, -0.15) is 0 Å². The second kappa shape index (κ2) is 7.20. The van der Waals surface area contributed by atoms with Crippen LogP contribution in [0.25, 0.3) is 10.2 Å². The summed E-state index contributed by atoms with van der Waals surface area (Å²) < 4.78 is 29.8. The standard InChI is InChI=1S/C15H17FN2O4S/c1-20-11-4-10(16)5-12-14(11)18-15(23-12)17-13(19)8-22-7-9-2-3-21-6-9/h4-5,9H,2-3,6-8H2,1H3,(H,17,18,19). The first-order valence-corrected chi connectivity index (χ1v) is 8.07. The molecule has 23 heavy (non-hydrogen) atoms. The van der Waals surface area contributed by atoms with E-state index in [9.17, 15) is 9.18 Å². The van der Waals surface area contributed by atoms with Crippen LogP contribution < -0.4 is 10.1 Å². The van der Waals surface area contributed by atoms with E-state index in [1.165, 1.54) is 30.6 Å². The summed E-state index contributed by atoms with van der Waals surface area (Å²) in [5.74, 6) is 0.00659. The minimum Gasteiger partial charge on any atom is -0.494 e. The van der Waals surface area contributed by atoms with E-state index in [-0.39, 0.29) is 12.5 Å². The molecule has 1 aromatic heterocycles. The number of thiazole rings is 1. The molecule has 8 heteroatoms. The van der Waals surface area contributed by atoms with Gasteiger partial charge in [-0.25, -0.2) is 9.37 Å². The Morgan fingerprint density at radius 2 is 2.43 bits per heavy atom. The molecule has 124 valence electrons. The number of methoxy groups -OCH3 is 1. The van der Waals surface area contributed by atoms with Crippen molar-refractivity contribution in [2.24, 2.45) is 5.92 Å². The molecule has 0 saturated carbocycles. The molecule has 0 aliphatic carbocycles. The van der Waals surface area contributed by atoms with Crippen LogP contribution in [0.2, 0.25) is 0 Å². The van der Waals surface area contributed by atoms with Gasteiger partial charge in [0.15, 0.2) is 5.13 Å². The molecule has 1 N–H and O–H groups in total. The first-order chi connectivity index (χ1) is 11.2. The SMILES string of the molecule is COc1cc(F)cc2sc(NC(=O)COCC3CCOC3)nc12. The Hall–Kier alpha value is -1.77. The third-order valence-electron chi connectivity index (χ3n) is 3.50. The minimum atomic E-state index is -0.405. The Labute approximate surface area is 136 Å². The van der Waals surface area contributed by atoms with E-state index in [0.29, 0.717) is 40.2 Å². The number of benzene rings is 1. The second-order valence-electron chi connectivity index (χ2n) is 5.27. The van der Waals surface area contributed by atoms with Gasteiger partial charge in [-0.1, -0.05) is 11.3 Å². The van der Waals surface area contributed by atoms with Gasteiger partial charge in [0, 0.05) is 18.6 Å². The maximum Gasteiger partial charge on any atom is 0.252 e. The Morgan fingerprint density at radius 3 is 3.17 bits per heavy atom. The predicted molar refractivity (Wildman–Crippen MR) is 84.5 cm³/mol. The van der Waals surface area contributed by atoms with Crippen LogP contribution in [-0.4, -0.2) is 44.4 Å². The number of anilines is 1. The summed E-state index contributed by atoms with van der Waals surface area (Å²) in [6, 6.07) is 2.63. The van der Waals surface area contributed by atoms with Gasteiger partial charge in [-0.15, -0.1) is 0 Å².